The summed E-state index contributed by atoms with van der Waals surface area (Å²) < 4.78 is 5.06. The molecule has 0 amide bonds. The summed E-state index contributed by atoms with van der Waals surface area (Å²) in [5.41, 5.74) is 3.60. The zero-order chi connectivity index (χ0) is 11.6. The maximum Gasteiger partial charge on any atom is 0.264 e. The molecule has 1 atom stereocenters. The van der Waals surface area contributed by atoms with Crippen molar-refractivity contribution < 1.29 is 4.74 Å². The average Bonchev–Trinajstić information content (AvgIpc) is 2.60. The van der Waals surface area contributed by atoms with E-state index in [0.29, 0.717) is 0 Å². The van der Waals surface area contributed by atoms with Crippen LogP contribution >= 0.6 is 12.6 Å². The average molecular weight is 239 g/mol. The molecule has 1 heterocycles. The summed E-state index contributed by atoms with van der Waals surface area (Å²) in [6.07, 6.45) is 1.45. The predicted molar refractivity (Wildman–Crippen MR) is 66.0 cm³/mol. The SMILES string of the molecule is COc1ccc(NC2(S)NN=CN2N)cc1. The molecular formula is C9H13N5OS. The van der Waals surface area contributed by atoms with Crippen molar-refractivity contribution in [2.24, 2.45) is 10.9 Å². The number of methoxy groups -OCH3 is 1. The van der Waals surface area contributed by atoms with Gasteiger partial charge in [-0.25, -0.2) is 10.9 Å². The van der Waals surface area contributed by atoms with Gasteiger partial charge in [0.15, 0.2) is 0 Å². The van der Waals surface area contributed by atoms with Crippen molar-refractivity contribution in [2.75, 3.05) is 12.4 Å². The lowest BCUT2D eigenvalue weighted by Crippen LogP contribution is -2.56. The Balaban J connectivity index is 2.09. The van der Waals surface area contributed by atoms with Gasteiger partial charge in [-0.15, -0.1) is 12.6 Å². The lowest BCUT2D eigenvalue weighted by Gasteiger charge is -2.31. The molecular weight excluding hydrogens is 226 g/mol. The number of benzene rings is 1. The van der Waals surface area contributed by atoms with Crippen molar-refractivity contribution in [3.8, 4) is 5.75 Å². The normalized spacial score (nSPS) is 23.1. The van der Waals surface area contributed by atoms with Crippen molar-refractivity contribution in [1.82, 2.24) is 10.4 Å². The molecule has 16 heavy (non-hydrogen) atoms. The van der Waals surface area contributed by atoms with Crippen LogP contribution in [-0.4, -0.2) is 23.6 Å². The summed E-state index contributed by atoms with van der Waals surface area (Å²) >= 11 is 4.36. The summed E-state index contributed by atoms with van der Waals surface area (Å²) in [6.45, 7) is 0. The van der Waals surface area contributed by atoms with Crippen LogP contribution in [-0.2, 0) is 0 Å². The van der Waals surface area contributed by atoms with Gasteiger partial charge in [0.05, 0.1) is 7.11 Å². The Bertz CT molecular complexity index is 395. The van der Waals surface area contributed by atoms with Gasteiger partial charge >= 0.3 is 0 Å². The molecule has 6 nitrogen and oxygen atoms in total. The molecule has 86 valence electrons. The molecule has 4 N–H and O–H groups in total. The molecule has 1 aliphatic rings. The van der Waals surface area contributed by atoms with Crippen molar-refractivity contribution in [3.05, 3.63) is 24.3 Å². The van der Waals surface area contributed by atoms with Crippen LogP contribution in [0.25, 0.3) is 0 Å². The van der Waals surface area contributed by atoms with Crippen molar-refractivity contribution in [3.63, 3.8) is 0 Å². The Hall–Kier alpha value is -1.60. The number of rotatable bonds is 3. The number of hydrogen-bond acceptors (Lipinski definition) is 7. The quantitative estimate of drug-likeness (QED) is 0.348. The van der Waals surface area contributed by atoms with E-state index in [9.17, 15) is 0 Å². The van der Waals surface area contributed by atoms with Crippen LogP contribution in [0.4, 0.5) is 5.69 Å². The molecule has 1 aliphatic heterocycles. The fourth-order valence-corrected chi connectivity index (χ4v) is 1.53. The van der Waals surface area contributed by atoms with Gasteiger partial charge < -0.3 is 10.1 Å². The zero-order valence-corrected chi connectivity index (χ0v) is 9.61. The zero-order valence-electron chi connectivity index (χ0n) is 8.71. The molecule has 1 unspecified atom stereocenters. The number of nitrogens with one attached hydrogen (secondary N) is 2. The Labute approximate surface area is 98.8 Å². The maximum absolute atomic E-state index is 5.68. The third kappa shape index (κ3) is 2.00. The highest BCUT2D eigenvalue weighted by Crippen LogP contribution is 2.22. The third-order valence-electron chi connectivity index (χ3n) is 2.18. The first kappa shape index (κ1) is 10.9. The predicted octanol–water partition coefficient (Wildman–Crippen LogP) is 0.370. The molecule has 0 aromatic heterocycles. The third-order valence-corrected chi connectivity index (χ3v) is 2.63. The van der Waals surface area contributed by atoms with E-state index in [1.165, 1.54) is 11.3 Å². The number of hydrazine groups is 1. The highest BCUT2D eigenvalue weighted by atomic mass is 32.1. The standard InChI is InChI=1S/C9H13N5OS/c1-15-8-4-2-7(3-5-8)12-9(16)13-11-6-14(9)10/h2-6,12-13,16H,10H2,1H3. The highest BCUT2D eigenvalue weighted by molar-refractivity contribution is 7.81. The molecule has 0 fully saturated rings. The molecule has 1 aromatic carbocycles. The van der Waals surface area contributed by atoms with Crippen LogP contribution < -0.4 is 21.3 Å². The van der Waals surface area contributed by atoms with E-state index in [4.69, 9.17) is 10.6 Å². The van der Waals surface area contributed by atoms with E-state index in [0.717, 1.165) is 11.4 Å². The maximum atomic E-state index is 5.68. The second-order valence-electron chi connectivity index (χ2n) is 3.29. The Kier molecular flexibility index (Phi) is 2.80. The van der Waals surface area contributed by atoms with Crippen molar-refractivity contribution in [1.29, 1.82) is 0 Å². The Morgan fingerprint density at radius 2 is 2.19 bits per heavy atom. The summed E-state index contributed by atoms with van der Waals surface area (Å²) in [4.78, 5) is 0. The molecule has 1 aromatic rings. The van der Waals surface area contributed by atoms with E-state index in [1.54, 1.807) is 7.11 Å². The first-order valence-electron chi connectivity index (χ1n) is 4.63. The largest absolute Gasteiger partial charge is 0.497 e. The minimum absolute atomic E-state index is 0.791. The van der Waals surface area contributed by atoms with Gasteiger partial charge in [-0.1, -0.05) is 0 Å². The monoisotopic (exact) mass is 239 g/mol. The lowest BCUT2D eigenvalue weighted by atomic mass is 10.3. The van der Waals surface area contributed by atoms with Gasteiger partial charge in [-0.3, -0.25) is 5.43 Å². The van der Waals surface area contributed by atoms with E-state index in [1.807, 2.05) is 24.3 Å². The van der Waals surface area contributed by atoms with Crippen LogP contribution in [0.15, 0.2) is 29.4 Å². The smallest absolute Gasteiger partial charge is 0.264 e. The van der Waals surface area contributed by atoms with Gasteiger partial charge in [0.1, 0.15) is 12.1 Å². The number of anilines is 1. The minimum atomic E-state index is -0.908. The topological polar surface area (TPSA) is 74.9 Å². The lowest BCUT2D eigenvalue weighted by molar-refractivity contribution is 0.311. The Morgan fingerprint density at radius 1 is 1.50 bits per heavy atom. The van der Waals surface area contributed by atoms with E-state index in [-0.39, 0.29) is 0 Å². The number of nitrogens with zero attached hydrogens (tertiary/aromatic N) is 2. The van der Waals surface area contributed by atoms with E-state index >= 15 is 0 Å². The molecule has 0 saturated carbocycles. The summed E-state index contributed by atoms with van der Waals surface area (Å²) in [5, 5.41) is 7.33. The van der Waals surface area contributed by atoms with Crippen molar-refractivity contribution >= 4 is 24.7 Å². The molecule has 0 saturated heterocycles. The molecule has 2 rings (SSSR count). The van der Waals surface area contributed by atoms with Gasteiger partial charge in [-0.2, -0.15) is 5.10 Å². The first-order chi connectivity index (χ1) is 7.64. The fraction of sp³-hybridized carbons (Fsp3) is 0.222. The van der Waals surface area contributed by atoms with Crippen LogP contribution in [0.3, 0.4) is 0 Å². The van der Waals surface area contributed by atoms with E-state index < -0.39 is 5.12 Å². The number of hydrogen-bond donors (Lipinski definition) is 4. The van der Waals surface area contributed by atoms with Crippen LogP contribution in [0.1, 0.15) is 0 Å². The fourth-order valence-electron chi connectivity index (χ4n) is 1.29. The van der Waals surface area contributed by atoms with Crippen LogP contribution in [0, 0.1) is 0 Å². The number of thiol groups is 1. The van der Waals surface area contributed by atoms with E-state index in [2.05, 4.69) is 28.5 Å². The highest BCUT2D eigenvalue weighted by Gasteiger charge is 2.33. The Morgan fingerprint density at radius 3 is 2.69 bits per heavy atom. The molecule has 7 heteroatoms. The number of hydrazone groups is 1. The first-order valence-corrected chi connectivity index (χ1v) is 5.08. The molecule has 0 radical (unpaired) electrons. The number of ether oxygens (including phenoxy) is 1. The second kappa shape index (κ2) is 4.11. The summed E-state index contributed by atoms with van der Waals surface area (Å²) in [6, 6.07) is 7.42. The summed E-state index contributed by atoms with van der Waals surface area (Å²) in [7, 11) is 1.62. The van der Waals surface area contributed by atoms with Gasteiger partial charge in [0.2, 0.25) is 0 Å². The minimum Gasteiger partial charge on any atom is -0.497 e. The van der Waals surface area contributed by atoms with Crippen molar-refractivity contribution in [2.45, 2.75) is 5.12 Å². The van der Waals surface area contributed by atoms with Crippen LogP contribution in [0.5, 0.6) is 5.75 Å². The second-order valence-corrected chi connectivity index (χ2v) is 3.94. The van der Waals surface area contributed by atoms with Gasteiger partial charge in [-0.05, 0) is 24.3 Å². The van der Waals surface area contributed by atoms with Gasteiger partial charge in [0, 0.05) is 5.69 Å². The molecule has 0 aliphatic carbocycles. The van der Waals surface area contributed by atoms with Gasteiger partial charge in [0.25, 0.3) is 5.12 Å². The molecule has 0 spiro atoms. The number of nitrogens with two attached hydrogens (primary N) is 1. The molecule has 0 bridgehead atoms. The van der Waals surface area contributed by atoms with Crippen LogP contribution in [0.2, 0.25) is 0 Å². The summed E-state index contributed by atoms with van der Waals surface area (Å²) in [5.74, 6) is 6.47.